The molecule has 4 aromatic rings. The molecule has 5 nitrogen and oxygen atoms in total. The molecule has 3 N–H and O–H groups in total. The van der Waals surface area contributed by atoms with Gasteiger partial charge in [0.05, 0.1) is 32.0 Å². The lowest BCUT2D eigenvalue weighted by atomic mass is 10.0. The maximum absolute atomic E-state index is 11.0. The quantitative estimate of drug-likeness (QED) is 0.113. The average Bonchev–Trinajstić information content (AvgIpc) is 3.02. The van der Waals surface area contributed by atoms with E-state index in [9.17, 15) is 15.3 Å². The third kappa shape index (κ3) is 8.67. The third-order valence-electron chi connectivity index (χ3n) is 7.73. The van der Waals surface area contributed by atoms with Gasteiger partial charge in [-0.3, -0.25) is 0 Å². The highest BCUT2D eigenvalue weighted by molar-refractivity contribution is 6.99. The van der Waals surface area contributed by atoms with E-state index in [0.29, 0.717) is 18.6 Å². The molecule has 0 amide bonds. The smallest absolute Gasteiger partial charge is 0.261 e. The second-order valence-electron chi connectivity index (χ2n) is 12.1. The third-order valence-corrected chi connectivity index (χ3v) is 12.7. The van der Waals surface area contributed by atoms with E-state index in [1.54, 1.807) is 30.3 Å². The Morgan fingerprint density at radius 3 is 1.91 bits per heavy atom. The van der Waals surface area contributed by atoms with Crippen LogP contribution in [0, 0.1) is 0 Å². The highest BCUT2D eigenvalue weighted by atomic mass is 28.4. The Balaban J connectivity index is 1.61. The number of ether oxygens (including phenoxy) is 1. The van der Waals surface area contributed by atoms with E-state index in [-0.39, 0.29) is 30.4 Å². The largest absolute Gasteiger partial charge is 0.508 e. The van der Waals surface area contributed by atoms with Crippen LogP contribution >= 0.6 is 0 Å². The monoisotopic (exact) mass is 608 g/mol. The molecule has 0 aliphatic carbocycles. The molecule has 0 saturated carbocycles. The van der Waals surface area contributed by atoms with E-state index in [2.05, 4.69) is 75.0 Å². The Bertz CT molecular complexity index is 1450. The van der Waals surface area contributed by atoms with Crippen LogP contribution in [0.1, 0.15) is 50.8 Å². The molecule has 0 bridgehead atoms. The number of aromatic hydroxyl groups is 1. The zero-order chi connectivity index (χ0) is 31.4. The fourth-order valence-electron chi connectivity index (χ4n) is 5.56. The van der Waals surface area contributed by atoms with Crippen molar-refractivity contribution in [3.63, 3.8) is 0 Å². The summed E-state index contributed by atoms with van der Waals surface area (Å²) in [4.78, 5) is 0. The Morgan fingerprint density at radius 2 is 1.34 bits per heavy atom. The summed E-state index contributed by atoms with van der Waals surface area (Å²) in [6.45, 7) is 7.53. The zero-order valence-corrected chi connectivity index (χ0v) is 26.9. The van der Waals surface area contributed by atoms with E-state index in [1.165, 1.54) is 10.4 Å². The number of rotatable bonds is 14. The number of phenolic OH excluding ortho intramolecular Hbond substituents is 1. The Kier molecular flexibility index (Phi) is 11.9. The summed E-state index contributed by atoms with van der Waals surface area (Å²) in [6, 6.07) is 37.5. The molecule has 4 rings (SSSR count). The van der Waals surface area contributed by atoms with Crippen LogP contribution in [0.3, 0.4) is 0 Å². The van der Waals surface area contributed by atoms with E-state index < -0.39 is 20.5 Å². The van der Waals surface area contributed by atoms with Gasteiger partial charge in [0, 0.05) is 18.4 Å². The van der Waals surface area contributed by atoms with E-state index in [4.69, 9.17) is 9.16 Å². The normalized spacial score (nSPS) is 13.1. The van der Waals surface area contributed by atoms with Crippen LogP contribution in [0.5, 0.6) is 5.75 Å². The van der Waals surface area contributed by atoms with Crippen molar-refractivity contribution >= 4 is 18.7 Å². The first kappa shape index (κ1) is 33.2. The predicted octanol–water partition coefficient (Wildman–Crippen LogP) is 6.44. The molecule has 0 fully saturated rings. The lowest BCUT2D eigenvalue weighted by molar-refractivity contribution is 0.0279. The van der Waals surface area contributed by atoms with E-state index >= 15 is 0 Å². The number of aliphatic hydroxyl groups is 2. The summed E-state index contributed by atoms with van der Waals surface area (Å²) in [7, 11) is -2.82. The number of hydrogen-bond donors (Lipinski definition) is 3. The molecule has 2 atom stereocenters. The second kappa shape index (κ2) is 15.8. The summed E-state index contributed by atoms with van der Waals surface area (Å²) in [5.74, 6) is 0.0543. The number of aliphatic hydroxyl groups excluding tert-OH is 2. The van der Waals surface area contributed by atoms with Gasteiger partial charge in [-0.15, -0.1) is 5.73 Å². The lowest BCUT2D eigenvalue weighted by Gasteiger charge is -2.43. The Hall–Kier alpha value is -3.74. The Labute approximate surface area is 262 Å². The molecule has 6 heteroatoms. The second-order valence-corrected chi connectivity index (χ2v) is 16.4. The summed E-state index contributed by atoms with van der Waals surface area (Å²) in [5.41, 5.74) is 5.62. The van der Waals surface area contributed by atoms with Crippen molar-refractivity contribution < 1.29 is 24.5 Å². The van der Waals surface area contributed by atoms with Crippen molar-refractivity contribution in [1.82, 2.24) is 0 Å². The van der Waals surface area contributed by atoms with Crippen molar-refractivity contribution in [2.24, 2.45) is 0 Å². The van der Waals surface area contributed by atoms with Crippen molar-refractivity contribution in [3.05, 3.63) is 144 Å². The number of para-hydroxylation sites is 1. The van der Waals surface area contributed by atoms with Gasteiger partial charge in [0.1, 0.15) is 5.75 Å². The summed E-state index contributed by atoms with van der Waals surface area (Å²) in [5, 5.41) is 34.1. The molecular weight excluding hydrogens is 564 g/mol. The zero-order valence-electron chi connectivity index (χ0n) is 25.9. The van der Waals surface area contributed by atoms with Crippen LogP contribution < -0.4 is 10.4 Å². The number of hydrogen-bond acceptors (Lipinski definition) is 5. The minimum atomic E-state index is -2.82. The molecule has 4 aromatic carbocycles. The van der Waals surface area contributed by atoms with Gasteiger partial charge in [-0.05, 0) is 38.7 Å². The van der Waals surface area contributed by atoms with Gasteiger partial charge < -0.3 is 24.5 Å². The van der Waals surface area contributed by atoms with Crippen LogP contribution in [0.4, 0.5) is 0 Å². The molecule has 0 unspecified atom stereocenters. The molecule has 44 heavy (non-hydrogen) atoms. The van der Waals surface area contributed by atoms with Crippen molar-refractivity contribution in [2.45, 2.75) is 57.5 Å². The summed E-state index contributed by atoms with van der Waals surface area (Å²) < 4.78 is 13.0. The first-order valence-electron chi connectivity index (χ1n) is 15.1. The minimum Gasteiger partial charge on any atom is -0.508 e. The highest BCUT2D eigenvalue weighted by Crippen LogP contribution is 2.37. The fraction of sp³-hybridized carbons (Fsp3) is 0.289. The molecule has 0 aromatic heterocycles. The Morgan fingerprint density at radius 1 is 0.795 bits per heavy atom. The fourth-order valence-corrected chi connectivity index (χ4v) is 10.1. The molecule has 230 valence electrons. The molecule has 0 aliphatic heterocycles. The topological polar surface area (TPSA) is 79.2 Å². The van der Waals surface area contributed by atoms with Gasteiger partial charge >= 0.3 is 0 Å². The predicted molar refractivity (Wildman–Crippen MR) is 180 cm³/mol. The SMILES string of the molecule is CC(C)(C)[Si](OCC(=C=CC[C@@H](O)c1ccccc1O)C[C@@H](O)COCc1ccccc1)(c1ccccc1)c1ccccc1. The van der Waals surface area contributed by atoms with Gasteiger partial charge in [-0.2, -0.15) is 0 Å². The number of benzene rings is 4. The lowest BCUT2D eigenvalue weighted by Crippen LogP contribution is -2.66. The van der Waals surface area contributed by atoms with Crippen LogP contribution in [0.15, 0.2) is 133 Å². The highest BCUT2D eigenvalue weighted by Gasteiger charge is 2.50. The van der Waals surface area contributed by atoms with Gasteiger partial charge in [0.15, 0.2) is 0 Å². The molecule has 0 spiro atoms. The molecular formula is C38H44O5Si. The van der Waals surface area contributed by atoms with Crippen molar-refractivity contribution in [1.29, 1.82) is 0 Å². The van der Waals surface area contributed by atoms with Crippen molar-refractivity contribution in [3.8, 4) is 5.75 Å². The molecule has 0 aliphatic rings. The van der Waals surface area contributed by atoms with Crippen LogP contribution in [-0.4, -0.2) is 43.0 Å². The first-order chi connectivity index (χ1) is 21.2. The van der Waals surface area contributed by atoms with E-state index in [0.717, 1.165) is 11.1 Å². The van der Waals surface area contributed by atoms with Crippen LogP contribution in [0.25, 0.3) is 0 Å². The molecule has 0 heterocycles. The standard InChI is InChI=1S/C38H44O5Si/c1-38(2,3)44(33-19-9-5-10-20-33,34-21-11-6-12-22-34)43-28-31(18-15-25-37(41)35-23-13-14-24-36(35)40)26-32(39)29-42-27-30-16-7-4-8-17-30/h4-17,19-24,32,37,39-41H,25-29H2,1-3H3/t18?,32-,37-/m1/s1. The maximum Gasteiger partial charge on any atom is 0.261 e. The minimum absolute atomic E-state index is 0.0543. The summed E-state index contributed by atoms with van der Waals surface area (Å²) >= 11 is 0. The van der Waals surface area contributed by atoms with Crippen molar-refractivity contribution in [2.75, 3.05) is 13.2 Å². The van der Waals surface area contributed by atoms with Gasteiger partial charge in [-0.1, -0.05) is 130 Å². The van der Waals surface area contributed by atoms with Gasteiger partial charge in [0.25, 0.3) is 8.32 Å². The maximum atomic E-state index is 11.0. The van der Waals surface area contributed by atoms with Crippen LogP contribution in [-0.2, 0) is 15.8 Å². The molecule has 0 saturated heterocycles. The van der Waals surface area contributed by atoms with E-state index in [1.807, 2.05) is 42.5 Å². The van der Waals surface area contributed by atoms with Crippen LogP contribution in [0.2, 0.25) is 5.04 Å². The van der Waals surface area contributed by atoms with Gasteiger partial charge in [-0.25, -0.2) is 0 Å². The van der Waals surface area contributed by atoms with Gasteiger partial charge in [0.2, 0.25) is 0 Å². The average molecular weight is 609 g/mol. The first-order valence-corrected chi connectivity index (χ1v) is 17.0. The summed E-state index contributed by atoms with van der Waals surface area (Å²) in [6.07, 6.45) is 0.664. The number of phenols is 1. The molecule has 0 radical (unpaired) electrons.